The molecule has 0 aromatic rings. The predicted octanol–water partition coefficient (Wildman–Crippen LogP) is 3.15. The van der Waals surface area contributed by atoms with Gasteiger partial charge >= 0.3 is 0 Å². The Bertz CT molecular complexity index is 313. The molecule has 2 saturated carbocycles. The summed E-state index contributed by atoms with van der Waals surface area (Å²) >= 11 is 0. The lowest BCUT2D eigenvalue weighted by Gasteiger charge is -2.38. The molecule has 0 spiro atoms. The van der Waals surface area contributed by atoms with Crippen LogP contribution in [-0.2, 0) is 9.53 Å². The molecule has 0 aromatic carbocycles. The van der Waals surface area contributed by atoms with Crippen LogP contribution in [0.25, 0.3) is 0 Å². The predicted molar refractivity (Wildman–Crippen MR) is 74.6 cm³/mol. The molecule has 1 N–H and O–H groups in total. The monoisotopic (exact) mass is 268 g/mol. The zero-order valence-electron chi connectivity index (χ0n) is 12.5. The van der Waals surface area contributed by atoms with E-state index < -0.39 is 6.29 Å². The van der Waals surface area contributed by atoms with Gasteiger partial charge in [-0.15, -0.1) is 0 Å². The molecular formula is C16H28O3. The average Bonchev–Trinajstić information content (AvgIpc) is 2.75. The largest absolute Gasteiger partial charge is 0.368 e. The van der Waals surface area contributed by atoms with Crippen LogP contribution in [0.2, 0.25) is 0 Å². The summed E-state index contributed by atoms with van der Waals surface area (Å²) in [6.45, 7) is 6.74. The Hall–Kier alpha value is -0.410. The minimum atomic E-state index is -0.747. The van der Waals surface area contributed by atoms with Gasteiger partial charge in [-0.25, -0.2) is 0 Å². The lowest BCUT2D eigenvalue weighted by molar-refractivity contribution is -0.192. The van der Waals surface area contributed by atoms with E-state index in [2.05, 4.69) is 20.8 Å². The van der Waals surface area contributed by atoms with Crippen molar-refractivity contribution in [1.29, 1.82) is 0 Å². The third-order valence-corrected chi connectivity index (χ3v) is 4.96. The Kier molecular flexibility index (Phi) is 5.02. The Morgan fingerprint density at radius 3 is 2.58 bits per heavy atom. The van der Waals surface area contributed by atoms with E-state index in [9.17, 15) is 9.90 Å². The van der Waals surface area contributed by atoms with E-state index in [4.69, 9.17) is 4.74 Å². The fourth-order valence-corrected chi connectivity index (χ4v) is 3.65. The smallest absolute Gasteiger partial charge is 0.158 e. The summed E-state index contributed by atoms with van der Waals surface area (Å²) in [6.07, 6.45) is 4.81. The second-order valence-electron chi connectivity index (χ2n) is 6.93. The maximum Gasteiger partial charge on any atom is 0.158 e. The first-order valence-electron chi connectivity index (χ1n) is 7.82. The Labute approximate surface area is 116 Å². The van der Waals surface area contributed by atoms with Gasteiger partial charge in [-0.3, -0.25) is 4.79 Å². The van der Waals surface area contributed by atoms with Crippen LogP contribution in [0.5, 0.6) is 0 Å². The molecule has 3 heteroatoms. The molecule has 0 aromatic heterocycles. The zero-order valence-corrected chi connectivity index (χ0v) is 12.5. The summed E-state index contributed by atoms with van der Waals surface area (Å²) in [5, 5.41) is 10.2. The standard InChI is InChI=1S/C16H28O3/c1-10(2)14-7-4-11(3)8-15(14)19-16(18)12-5-6-13(17)9-12/h10-12,14-16,18H,4-9H2,1-3H3/t11-,12+,14+,15-,16?/m1/s1. The first-order chi connectivity index (χ1) is 8.97. The van der Waals surface area contributed by atoms with Crippen molar-refractivity contribution in [2.75, 3.05) is 0 Å². The maximum atomic E-state index is 11.3. The number of aliphatic hydroxyl groups is 1. The average molecular weight is 268 g/mol. The molecule has 2 fully saturated rings. The molecule has 0 amide bonds. The lowest BCUT2D eigenvalue weighted by atomic mass is 9.75. The minimum absolute atomic E-state index is 0.0255. The topological polar surface area (TPSA) is 46.5 Å². The molecule has 2 rings (SSSR count). The number of rotatable bonds is 4. The van der Waals surface area contributed by atoms with E-state index in [1.807, 2.05) is 0 Å². The van der Waals surface area contributed by atoms with Gasteiger partial charge in [0.1, 0.15) is 5.78 Å². The fourth-order valence-electron chi connectivity index (χ4n) is 3.65. The van der Waals surface area contributed by atoms with E-state index in [0.717, 1.165) is 12.8 Å². The molecule has 3 nitrogen and oxygen atoms in total. The summed E-state index contributed by atoms with van der Waals surface area (Å²) in [5.41, 5.74) is 0. The zero-order chi connectivity index (χ0) is 14.0. The van der Waals surface area contributed by atoms with Crippen LogP contribution >= 0.6 is 0 Å². The number of carbonyl (C=O) groups excluding carboxylic acids is 1. The van der Waals surface area contributed by atoms with E-state index in [1.165, 1.54) is 12.8 Å². The highest BCUT2D eigenvalue weighted by atomic mass is 16.6. The van der Waals surface area contributed by atoms with Gasteiger partial charge in [-0.05, 0) is 37.0 Å². The second kappa shape index (κ2) is 6.36. The van der Waals surface area contributed by atoms with E-state index in [0.29, 0.717) is 30.6 Å². The van der Waals surface area contributed by atoms with Crippen molar-refractivity contribution >= 4 is 5.78 Å². The number of carbonyl (C=O) groups is 1. The van der Waals surface area contributed by atoms with Crippen molar-refractivity contribution in [3.8, 4) is 0 Å². The van der Waals surface area contributed by atoms with Crippen LogP contribution in [0.4, 0.5) is 0 Å². The summed E-state index contributed by atoms with van der Waals surface area (Å²) in [6, 6.07) is 0. The van der Waals surface area contributed by atoms with Crippen LogP contribution in [0.15, 0.2) is 0 Å². The van der Waals surface area contributed by atoms with Gasteiger partial charge < -0.3 is 9.84 Å². The number of ketones is 1. The molecular weight excluding hydrogens is 240 g/mol. The van der Waals surface area contributed by atoms with Gasteiger partial charge in [-0.2, -0.15) is 0 Å². The Balaban J connectivity index is 1.92. The summed E-state index contributed by atoms with van der Waals surface area (Å²) in [7, 11) is 0. The van der Waals surface area contributed by atoms with Crippen molar-refractivity contribution in [2.24, 2.45) is 23.7 Å². The van der Waals surface area contributed by atoms with Gasteiger partial charge in [0.05, 0.1) is 6.10 Å². The summed E-state index contributed by atoms with van der Waals surface area (Å²) < 4.78 is 5.97. The van der Waals surface area contributed by atoms with Gasteiger partial charge in [-0.1, -0.05) is 27.2 Å². The molecule has 19 heavy (non-hydrogen) atoms. The van der Waals surface area contributed by atoms with Crippen molar-refractivity contribution in [2.45, 2.75) is 71.7 Å². The lowest BCUT2D eigenvalue weighted by Crippen LogP contribution is -2.38. The Morgan fingerprint density at radius 2 is 2.00 bits per heavy atom. The third-order valence-electron chi connectivity index (χ3n) is 4.96. The maximum absolute atomic E-state index is 11.3. The third kappa shape index (κ3) is 3.79. The fraction of sp³-hybridized carbons (Fsp3) is 0.938. The van der Waals surface area contributed by atoms with Gasteiger partial charge in [0, 0.05) is 18.8 Å². The van der Waals surface area contributed by atoms with E-state index >= 15 is 0 Å². The van der Waals surface area contributed by atoms with Crippen LogP contribution in [0, 0.1) is 23.7 Å². The minimum Gasteiger partial charge on any atom is -0.368 e. The summed E-state index contributed by atoms with van der Waals surface area (Å²) in [5.74, 6) is 2.11. The van der Waals surface area contributed by atoms with E-state index in [1.54, 1.807) is 0 Å². The molecule has 110 valence electrons. The number of Topliss-reactive ketones (excluding diaryl/α,β-unsaturated/α-hetero) is 1. The number of hydrogen-bond donors (Lipinski definition) is 1. The van der Waals surface area contributed by atoms with Crippen LogP contribution in [0.3, 0.4) is 0 Å². The first kappa shape index (κ1) is 15.0. The van der Waals surface area contributed by atoms with E-state index in [-0.39, 0.29) is 17.8 Å². The van der Waals surface area contributed by atoms with Crippen molar-refractivity contribution in [1.82, 2.24) is 0 Å². The van der Waals surface area contributed by atoms with Crippen molar-refractivity contribution in [3.05, 3.63) is 0 Å². The van der Waals surface area contributed by atoms with Crippen LogP contribution in [0.1, 0.15) is 59.3 Å². The van der Waals surface area contributed by atoms with Gasteiger partial charge in [0.25, 0.3) is 0 Å². The second-order valence-corrected chi connectivity index (χ2v) is 6.93. The van der Waals surface area contributed by atoms with Gasteiger partial charge in [0.2, 0.25) is 0 Å². The van der Waals surface area contributed by atoms with Crippen LogP contribution in [-0.4, -0.2) is 23.3 Å². The first-order valence-corrected chi connectivity index (χ1v) is 7.82. The number of ether oxygens (including phenoxy) is 1. The molecule has 0 radical (unpaired) electrons. The molecule has 5 atom stereocenters. The van der Waals surface area contributed by atoms with Gasteiger partial charge in [0.15, 0.2) is 6.29 Å². The van der Waals surface area contributed by atoms with Crippen LogP contribution < -0.4 is 0 Å². The Morgan fingerprint density at radius 1 is 1.26 bits per heavy atom. The number of aliphatic hydroxyl groups excluding tert-OH is 1. The molecule has 0 saturated heterocycles. The SMILES string of the molecule is CC(C)[C@@H]1CC[C@@H](C)C[C@H]1OC(O)[C@H]1CCC(=O)C1. The normalized spacial score (nSPS) is 37.8. The van der Waals surface area contributed by atoms with Crippen molar-refractivity contribution < 1.29 is 14.6 Å². The quantitative estimate of drug-likeness (QED) is 0.797. The molecule has 2 aliphatic rings. The molecule has 2 aliphatic carbocycles. The molecule has 0 aliphatic heterocycles. The number of hydrogen-bond acceptors (Lipinski definition) is 3. The highest BCUT2D eigenvalue weighted by molar-refractivity contribution is 5.80. The highest BCUT2D eigenvalue weighted by Crippen LogP contribution is 2.37. The molecule has 1 unspecified atom stereocenters. The van der Waals surface area contributed by atoms with Crippen molar-refractivity contribution in [3.63, 3.8) is 0 Å². The molecule has 0 bridgehead atoms. The summed E-state index contributed by atoms with van der Waals surface area (Å²) in [4.78, 5) is 11.3. The highest BCUT2D eigenvalue weighted by Gasteiger charge is 2.36. The molecule has 0 heterocycles.